The van der Waals surface area contributed by atoms with Gasteiger partial charge in [0.1, 0.15) is 17.5 Å². The summed E-state index contributed by atoms with van der Waals surface area (Å²) in [5, 5.41) is 0. The van der Waals surface area contributed by atoms with Gasteiger partial charge in [0.2, 0.25) is 0 Å². The molecule has 0 bridgehead atoms. The molecule has 1 heterocycles. The fourth-order valence-corrected chi connectivity index (χ4v) is 3.31. The van der Waals surface area contributed by atoms with Crippen molar-refractivity contribution in [2.45, 2.75) is 25.3 Å². The highest BCUT2D eigenvalue weighted by molar-refractivity contribution is 5.79. The number of esters is 1. The van der Waals surface area contributed by atoms with Gasteiger partial charge in [0, 0.05) is 17.2 Å². The summed E-state index contributed by atoms with van der Waals surface area (Å²) < 4.78 is 43.2. The minimum atomic E-state index is -0.981. The molecule has 2 N–H and O–H groups in total. The third-order valence-electron chi connectivity index (χ3n) is 4.65. The van der Waals surface area contributed by atoms with E-state index in [9.17, 15) is 13.6 Å². The highest BCUT2D eigenvalue weighted by atomic mass is 19.2. The second-order valence-corrected chi connectivity index (χ2v) is 6.33. The fourth-order valence-electron chi connectivity index (χ4n) is 3.31. The van der Waals surface area contributed by atoms with E-state index in [1.807, 2.05) is 6.07 Å². The van der Waals surface area contributed by atoms with Crippen molar-refractivity contribution < 1.29 is 27.8 Å². The van der Waals surface area contributed by atoms with Crippen LogP contribution in [0.5, 0.6) is 11.5 Å². The van der Waals surface area contributed by atoms with Gasteiger partial charge >= 0.3 is 5.97 Å². The Morgan fingerprint density at radius 3 is 2.67 bits per heavy atom. The molecule has 0 amide bonds. The lowest BCUT2D eigenvalue weighted by Gasteiger charge is -2.25. The van der Waals surface area contributed by atoms with Gasteiger partial charge in [-0.2, -0.15) is 0 Å². The van der Waals surface area contributed by atoms with Gasteiger partial charge in [0.05, 0.1) is 20.8 Å². The number of ether oxygens (including phenoxy) is 3. The van der Waals surface area contributed by atoms with Gasteiger partial charge in [-0.3, -0.25) is 4.79 Å². The number of hydrogen-bond acceptors (Lipinski definition) is 5. The van der Waals surface area contributed by atoms with Crippen molar-refractivity contribution >= 4 is 5.97 Å². The van der Waals surface area contributed by atoms with Crippen molar-refractivity contribution in [2.75, 3.05) is 20.8 Å². The van der Waals surface area contributed by atoms with Crippen LogP contribution >= 0.6 is 0 Å². The third-order valence-corrected chi connectivity index (χ3v) is 4.65. The molecule has 0 fully saturated rings. The Morgan fingerprint density at radius 1 is 1.22 bits per heavy atom. The minimum absolute atomic E-state index is 0.212. The molecule has 144 valence electrons. The van der Waals surface area contributed by atoms with Crippen molar-refractivity contribution in [3.63, 3.8) is 0 Å². The molecule has 0 saturated carbocycles. The van der Waals surface area contributed by atoms with E-state index in [4.69, 9.17) is 15.2 Å². The van der Waals surface area contributed by atoms with Crippen LogP contribution in [0.4, 0.5) is 8.78 Å². The molecule has 0 radical (unpaired) electrons. The van der Waals surface area contributed by atoms with Crippen LogP contribution in [0.25, 0.3) is 11.1 Å². The monoisotopic (exact) mass is 377 g/mol. The van der Waals surface area contributed by atoms with Crippen LogP contribution in [0.2, 0.25) is 0 Å². The van der Waals surface area contributed by atoms with E-state index >= 15 is 0 Å². The first-order valence-electron chi connectivity index (χ1n) is 8.60. The van der Waals surface area contributed by atoms with Crippen molar-refractivity contribution in [2.24, 2.45) is 5.73 Å². The molecule has 7 heteroatoms. The zero-order valence-corrected chi connectivity index (χ0v) is 15.2. The highest BCUT2D eigenvalue weighted by Gasteiger charge is 2.24. The maximum atomic E-state index is 13.9. The molecule has 0 aromatic heterocycles. The summed E-state index contributed by atoms with van der Waals surface area (Å²) in [5.74, 6) is -1.64. The molecule has 1 aliphatic heterocycles. The van der Waals surface area contributed by atoms with Crippen molar-refractivity contribution in [1.29, 1.82) is 0 Å². The average Bonchev–Trinajstić information content (AvgIpc) is 2.69. The first-order chi connectivity index (χ1) is 13.0. The fraction of sp³-hybridized carbons (Fsp3) is 0.350. The van der Waals surface area contributed by atoms with Crippen LogP contribution in [0.3, 0.4) is 0 Å². The molecular weight excluding hydrogens is 356 g/mol. The summed E-state index contributed by atoms with van der Waals surface area (Å²) in [5.41, 5.74) is 8.68. The van der Waals surface area contributed by atoms with E-state index in [-0.39, 0.29) is 5.75 Å². The van der Waals surface area contributed by atoms with E-state index in [0.29, 0.717) is 29.9 Å². The Balaban J connectivity index is 2.09. The molecule has 3 rings (SSSR count). The Bertz CT molecular complexity index is 870. The summed E-state index contributed by atoms with van der Waals surface area (Å²) in [7, 11) is 2.69. The number of halogens is 2. The first kappa shape index (κ1) is 19.1. The Hall–Kier alpha value is -2.67. The number of benzene rings is 2. The Morgan fingerprint density at radius 2 is 1.96 bits per heavy atom. The number of nitrogens with two attached hydrogens (primary N) is 1. The molecular formula is C20H21F2NO4. The molecule has 2 aromatic rings. The standard InChI is InChI=1S/C20H21F2NO4/c1-25-18-10-16(22)15(21)9-14(18)13-6-5-11(8-17(23)20(24)26-2)12-4-3-7-27-19(12)13/h5-6,9-10,17H,3-4,7-8,23H2,1-2H3/t17-/m0/s1. The van der Waals surface area contributed by atoms with Crippen LogP contribution in [0.1, 0.15) is 17.5 Å². The lowest BCUT2D eigenvalue weighted by Crippen LogP contribution is -2.34. The average molecular weight is 377 g/mol. The summed E-state index contributed by atoms with van der Waals surface area (Å²) >= 11 is 0. The van der Waals surface area contributed by atoms with Gasteiger partial charge in [0.15, 0.2) is 11.6 Å². The molecule has 1 atom stereocenters. The lowest BCUT2D eigenvalue weighted by atomic mass is 9.90. The van der Waals surface area contributed by atoms with E-state index in [1.165, 1.54) is 14.2 Å². The molecule has 0 aliphatic carbocycles. The minimum Gasteiger partial charge on any atom is -0.496 e. The SMILES string of the molecule is COC(=O)[C@@H](N)Cc1ccc(-c2cc(F)c(F)cc2OC)c2c1CCCO2. The summed E-state index contributed by atoms with van der Waals surface area (Å²) in [6.45, 7) is 0.512. The zero-order chi connectivity index (χ0) is 19.6. The lowest BCUT2D eigenvalue weighted by molar-refractivity contribution is -0.142. The van der Waals surface area contributed by atoms with Gasteiger partial charge in [-0.25, -0.2) is 8.78 Å². The molecule has 0 saturated heterocycles. The number of methoxy groups -OCH3 is 2. The van der Waals surface area contributed by atoms with Gasteiger partial charge in [0.25, 0.3) is 0 Å². The Kier molecular flexibility index (Phi) is 5.60. The van der Waals surface area contributed by atoms with Crippen LogP contribution in [-0.2, 0) is 22.4 Å². The summed E-state index contributed by atoms with van der Waals surface area (Å²) in [6.07, 6.45) is 1.85. The predicted molar refractivity (Wildman–Crippen MR) is 95.9 cm³/mol. The topological polar surface area (TPSA) is 70.8 Å². The van der Waals surface area contributed by atoms with Crippen LogP contribution in [-0.4, -0.2) is 32.8 Å². The molecule has 0 unspecified atom stereocenters. The number of carbonyl (C=O) groups is 1. The number of rotatable bonds is 5. The smallest absolute Gasteiger partial charge is 0.322 e. The van der Waals surface area contributed by atoms with Crippen molar-refractivity contribution in [3.8, 4) is 22.6 Å². The third kappa shape index (κ3) is 3.73. The largest absolute Gasteiger partial charge is 0.496 e. The molecule has 2 aromatic carbocycles. The molecule has 0 spiro atoms. The van der Waals surface area contributed by atoms with E-state index in [1.54, 1.807) is 6.07 Å². The normalized spacial score (nSPS) is 14.1. The van der Waals surface area contributed by atoms with E-state index < -0.39 is 23.6 Å². The number of hydrogen-bond donors (Lipinski definition) is 1. The predicted octanol–water partition coefficient (Wildman–Crippen LogP) is 3.01. The van der Waals surface area contributed by atoms with Gasteiger partial charge in [-0.1, -0.05) is 12.1 Å². The summed E-state index contributed by atoms with van der Waals surface area (Å²) in [6, 6.07) is 4.90. The zero-order valence-electron chi connectivity index (χ0n) is 15.2. The number of carbonyl (C=O) groups excluding carboxylic acids is 1. The maximum Gasteiger partial charge on any atom is 0.322 e. The van der Waals surface area contributed by atoms with Crippen molar-refractivity contribution in [3.05, 3.63) is 47.0 Å². The maximum absolute atomic E-state index is 13.9. The highest BCUT2D eigenvalue weighted by Crippen LogP contribution is 2.42. The summed E-state index contributed by atoms with van der Waals surface area (Å²) in [4.78, 5) is 11.7. The first-order valence-corrected chi connectivity index (χ1v) is 8.60. The van der Waals surface area contributed by atoms with Crippen LogP contribution < -0.4 is 15.2 Å². The van der Waals surface area contributed by atoms with Crippen molar-refractivity contribution in [1.82, 2.24) is 0 Å². The van der Waals surface area contributed by atoms with Gasteiger partial charge in [-0.05, 0) is 36.5 Å². The second kappa shape index (κ2) is 7.92. The van der Waals surface area contributed by atoms with Gasteiger partial charge in [-0.15, -0.1) is 0 Å². The van der Waals surface area contributed by atoms with Crippen LogP contribution in [0, 0.1) is 11.6 Å². The Labute approximate surface area is 156 Å². The van der Waals surface area contributed by atoms with E-state index in [2.05, 4.69) is 4.74 Å². The molecule has 5 nitrogen and oxygen atoms in total. The van der Waals surface area contributed by atoms with Gasteiger partial charge < -0.3 is 19.9 Å². The number of fused-ring (bicyclic) bond motifs is 1. The van der Waals surface area contributed by atoms with Crippen LogP contribution in [0.15, 0.2) is 24.3 Å². The molecule has 27 heavy (non-hydrogen) atoms. The second-order valence-electron chi connectivity index (χ2n) is 6.33. The quantitative estimate of drug-likeness (QED) is 0.811. The molecule has 1 aliphatic rings. The van der Waals surface area contributed by atoms with E-state index in [0.717, 1.165) is 36.1 Å².